The molecule has 0 bridgehead atoms. The summed E-state index contributed by atoms with van der Waals surface area (Å²) in [5, 5.41) is 10.7. The molecule has 0 spiro atoms. The van der Waals surface area contributed by atoms with E-state index in [0.717, 1.165) is 35.5 Å². The second-order valence-corrected chi connectivity index (χ2v) is 6.15. The van der Waals surface area contributed by atoms with E-state index in [0.29, 0.717) is 0 Å². The molecule has 2 heterocycles. The minimum Gasteiger partial charge on any atom is -0.388 e. The lowest BCUT2D eigenvalue weighted by Crippen LogP contribution is -2.53. The highest BCUT2D eigenvalue weighted by Crippen LogP contribution is 2.34. The molecule has 1 N–H and O–H groups in total. The molecule has 1 fully saturated rings. The molecular weight excluding hydrogens is 236 g/mol. The van der Waals surface area contributed by atoms with E-state index in [9.17, 15) is 5.11 Å². The minimum absolute atomic E-state index is 0.0293. The lowest BCUT2D eigenvalue weighted by molar-refractivity contribution is 0.0643. The van der Waals surface area contributed by atoms with Gasteiger partial charge in [-0.2, -0.15) is 0 Å². The first-order valence-corrected chi connectivity index (χ1v) is 6.74. The van der Waals surface area contributed by atoms with Gasteiger partial charge in [-0.05, 0) is 27.7 Å². The van der Waals surface area contributed by atoms with Gasteiger partial charge in [0.2, 0.25) is 0 Å². The SMILES string of the molecule is Cc1nc(N2CCOCC2(C)C)sc1C(C)O. The zero-order chi connectivity index (χ0) is 12.6. The third kappa shape index (κ3) is 2.46. The summed E-state index contributed by atoms with van der Waals surface area (Å²) in [5.41, 5.74) is 0.903. The number of hydrogen-bond donors (Lipinski definition) is 1. The van der Waals surface area contributed by atoms with Gasteiger partial charge in [-0.1, -0.05) is 11.3 Å². The number of ether oxygens (including phenoxy) is 1. The molecule has 0 amide bonds. The summed E-state index contributed by atoms with van der Waals surface area (Å²) in [6, 6.07) is 0. The van der Waals surface area contributed by atoms with E-state index in [1.54, 1.807) is 18.3 Å². The third-order valence-electron chi connectivity index (χ3n) is 3.08. The molecule has 1 aromatic rings. The van der Waals surface area contributed by atoms with Crippen molar-refractivity contribution in [2.75, 3.05) is 24.7 Å². The summed E-state index contributed by atoms with van der Waals surface area (Å²) >= 11 is 1.59. The van der Waals surface area contributed by atoms with Gasteiger partial charge in [0, 0.05) is 6.54 Å². The Morgan fingerprint density at radius 2 is 2.24 bits per heavy atom. The van der Waals surface area contributed by atoms with Gasteiger partial charge < -0.3 is 14.7 Å². The van der Waals surface area contributed by atoms with Gasteiger partial charge in [0.05, 0.1) is 35.4 Å². The van der Waals surface area contributed by atoms with Crippen LogP contribution in [0.2, 0.25) is 0 Å². The fourth-order valence-electron chi connectivity index (χ4n) is 2.11. The molecule has 1 saturated heterocycles. The van der Waals surface area contributed by atoms with E-state index in [2.05, 4.69) is 23.7 Å². The molecule has 0 radical (unpaired) electrons. The van der Waals surface area contributed by atoms with E-state index in [-0.39, 0.29) is 5.54 Å². The Morgan fingerprint density at radius 3 is 2.76 bits per heavy atom. The third-order valence-corrected chi connectivity index (χ3v) is 4.43. The fourth-order valence-corrected chi connectivity index (χ4v) is 3.30. The molecule has 17 heavy (non-hydrogen) atoms. The van der Waals surface area contributed by atoms with Crippen molar-refractivity contribution in [2.24, 2.45) is 0 Å². The first-order chi connectivity index (χ1) is 7.92. The lowest BCUT2D eigenvalue weighted by Gasteiger charge is -2.42. The van der Waals surface area contributed by atoms with E-state index >= 15 is 0 Å². The van der Waals surface area contributed by atoms with E-state index in [4.69, 9.17) is 4.74 Å². The second-order valence-electron chi connectivity index (χ2n) is 5.14. The average molecular weight is 256 g/mol. The molecule has 0 saturated carbocycles. The Balaban J connectivity index is 2.30. The van der Waals surface area contributed by atoms with Crippen LogP contribution in [0.1, 0.15) is 37.4 Å². The van der Waals surface area contributed by atoms with E-state index in [1.807, 2.05) is 6.92 Å². The standard InChI is InChI=1S/C12H20N2O2S/c1-8-10(9(2)15)17-11(13-8)14-5-6-16-7-12(14,3)4/h9,15H,5-7H2,1-4H3. The Hall–Kier alpha value is -0.650. The largest absolute Gasteiger partial charge is 0.388 e. The van der Waals surface area contributed by atoms with Crippen molar-refractivity contribution in [3.63, 3.8) is 0 Å². The summed E-state index contributed by atoms with van der Waals surface area (Å²) in [6.07, 6.45) is -0.439. The van der Waals surface area contributed by atoms with Crippen molar-refractivity contribution in [3.8, 4) is 0 Å². The number of hydrogen-bond acceptors (Lipinski definition) is 5. The van der Waals surface area contributed by atoms with E-state index < -0.39 is 6.10 Å². The van der Waals surface area contributed by atoms with Gasteiger partial charge in [-0.3, -0.25) is 0 Å². The summed E-state index contributed by atoms with van der Waals surface area (Å²) in [6.45, 7) is 10.4. The number of aromatic nitrogens is 1. The summed E-state index contributed by atoms with van der Waals surface area (Å²) in [7, 11) is 0. The maximum absolute atomic E-state index is 9.67. The number of thiazole rings is 1. The number of nitrogens with zero attached hydrogens (tertiary/aromatic N) is 2. The molecule has 1 aromatic heterocycles. The van der Waals surface area contributed by atoms with Gasteiger partial charge in [0.1, 0.15) is 0 Å². The number of aliphatic hydroxyl groups is 1. The van der Waals surface area contributed by atoms with Gasteiger partial charge in [-0.15, -0.1) is 0 Å². The Morgan fingerprint density at radius 1 is 1.53 bits per heavy atom. The maximum atomic E-state index is 9.67. The van der Waals surface area contributed by atoms with Crippen LogP contribution < -0.4 is 4.90 Å². The van der Waals surface area contributed by atoms with Crippen LogP contribution in [0.5, 0.6) is 0 Å². The van der Waals surface area contributed by atoms with Crippen LogP contribution in [-0.2, 0) is 4.74 Å². The summed E-state index contributed by atoms with van der Waals surface area (Å²) < 4.78 is 5.51. The maximum Gasteiger partial charge on any atom is 0.186 e. The highest BCUT2D eigenvalue weighted by atomic mass is 32.1. The molecule has 5 heteroatoms. The first-order valence-electron chi connectivity index (χ1n) is 5.92. The monoisotopic (exact) mass is 256 g/mol. The highest BCUT2D eigenvalue weighted by molar-refractivity contribution is 7.15. The molecule has 0 aliphatic carbocycles. The fraction of sp³-hybridized carbons (Fsp3) is 0.750. The number of aryl methyl sites for hydroxylation is 1. The predicted molar refractivity (Wildman–Crippen MR) is 69.7 cm³/mol. The zero-order valence-electron chi connectivity index (χ0n) is 10.9. The van der Waals surface area contributed by atoms with Crippen LogP contribution in [0.15, 0.2) is 0 Å². The summed E-state index contributed by atoms with van der Waals surface area (Å²) in [4.78, 5) is 7.82. The van der Waals surface area contributed by atoms with Crippen LogP contribution in [0.3, 0.4) is 0 Å². The molecule has 96 valence electrons. The quantitative estimate of drug-likeness (QED) is 0.880. The van der Waals surface area contributed by atoms with Crippen molar-refractivity contribution in [1.29, 1.82) is 0 Å². The molecule has 1 atom stereocenters. The van der Waals surface area contributed by atoms with Crippen LogP contribution in [0, 0.1) is 6.92 Å². The lowest BCUT2D eigenvalue weighted by atomic mass is 10.0. The average Bonchev–Trinajstić information content (AvgIpc) is 2.59. The van der Waals surface area contributed by atoms with Gasteiger partial charge in [0.15, 0.2) is 5.13 Å². The van der Waals surface area contributed by atoms with Crippen LogP contribution >= 0.6 is 11.3 Å². The Bertz CT molecular complexity index is 401. The van der Waals surface area contributed by atoms with Gasteiger partial charge in [0.25, 0.3) is 0 Å². The van der Waals surface area contributed by atoms with Gasteiger partial charge in [-0.25, -0.2) is 4.98 Å². The zero-order valence-corrected chi connectivity index (χ0v) is 11.7. The Labute approximate surface area is 106 Å². The number of morpholine rings is 1. The number of rotatable bonds is 2. The number of aliphatic hydroxyl groups excluding tert-OH is 1. The predicted octanol–water partition coefficient (Wildman–Crippen LogP) is 2.12. The van der Waals surface area contributed by atoms with Gasteiger partial charge >= 0.3 is 0 Å². The topological polar surface area (TPSA) is 45.6 Å². The smallest absolute Gasteiger partial charge is 0.186 e. The molecule has 1 unspecified atom stereocenters. The van der Waals surface area contributed by atoms with Crippen LogP contribution in [0.4, 0.5) is 5.13 Å². The molecule has 1 aliphatic heterocycles. The molecule has 2 rings (SSSR count). The van der Waals surface area contributed by atoms with E-state index in [1.165, 1.54) is 0 Å². The van der Waals surface area contributed by atoms with Crippen molar-refractivity contribution in [1.82, 2.24) is 4.98 Å². The molecule has 0 aromatic carbocycles. The van der Waals surface area contributed by atoms with Crippen molar-refractivity contribution < 1.29 is 9.84 Å². The molecular formula is C12H20N2O2S. The molecule has 1 aliphatic rings. The Kier molecular flexibility index (Phi) is 3.43. The van der Waals surface area contributed by atoms with Crippen molar-refractivity contribution in [3.05, 3.63) is 10.6 Å². The minimum atomic E-state index is -0.439. The normalized spacial score (nSPS) is 21.6. The second kappa shape index (κ2) is 4.55. The van der Waals surface area contributed by atoms with Crippen LogP contribution in [-0.4, -0.2) is 35.4 Å². The van der Waals surface area contributed by atoms with Crippen molar-refractivity contribution in [2.45, 2.75) is 39.3 Å². The summed E-state index contributed by atoms with van der Waals surface area (Å²) in [5.74, 6) is 0. The number of anilines is 1. The van der Waals surface area contributed by atoms with Crippen LogP contribution in [0.25, 0.3) is 0 Å². The molecule has 4 nitrogen and oxygen atoms in total. The highest BCUT2D eigenvalue weighted by Gasteiger charge is 2.33. The van der Waals surface area contributed by atoms with Crippen molar-refractivity contribution >= 4 is 16.5 Å². The first kappa shape index (κ1) is 12.8.